The molecule has 0 radical (unpaired) electrons. The average Bonchev–Trinajstić information content (AvgIpc) is 2.75. The van der Waals surface area contributed by atoms with Crippen LogP contribution in [-0.2, 0) is 9.59 Å². The van der Waals surface area contributed by atoms with Gasteiger partial charge in [0.2, 0.25) is 0 Å². The van der Waals surface area contributed by atoms with E-state index in [1.807, 2.05) is 31.2 Å². The fourth-order valence-corrected chi connectivity index (χ4v) is 3.65. The molecule has 20 heavy (non-hydrogen) atoms. The molecule has 0 aliphatic carbocycles. The molecule has 1 fully saturated rings. The molecule has 108 valence electrons. The predicted molar refractivity (Wildman–Crippen MR) is 76.0 cm³/mol. The van der Waals surface area contributed by atoms with E-state index >= 15 is 0 Å². The van der Waals surface area contributed by atoms with Gasteiger partial charge in [-0.15, -0.1) is 11.8 Å². The summed E-state index contributed by atoms with van der Waals surface area (Å²) < 4.78 is 0. The molecule has 0 spiro atoms. The molecular weight excluding hydrogens is 278 g/mol. The Labute approximate surface area is 121 Å². The third-order valence-electron chi connectivity index (χ3n) is 3.43. The summed E-state index contributed by atoms with van der Waals surface area (Å²) in [6, 6.07) is 7.16. The van der Waals surface area contributed by atoms with Crippen LogP contribution in [0.5, 0.6) is 0 Å². The van der Waals surface area contributed by atoms with Gasteiger partial charge in [0, 0.05) is 22.6 Å². The van der Waals surface area contributed by atoms with Crippen LogP contribution < -0.4 is 5.32 Å². The maximum atomic E-state index is 11.2. The molecule has 0 amide bonds. The average molecular weight is 295 g/mol. The first-order valence-corrected chi connectivity index (χ1v) is 7.26. The second kappa shape index (κ2) is 6.28. The number of carboxylic acid groups (broad SMARTS) is 2. The molecule has 3 N–H and O–H groups in total. The molecule has 1 aliphatic rings. The summed E-state index contributed by atoms with van der Waals surface area (Å²) in [6.45, 7) is 2.51. The summed E-state index contributed by atoms with van der Waals surface area (Å²) in [5.41, 5.74) is 1.16. The zero-order valence-corrected chi connectivity index (χ0v) is 11.9. The van der Waals surface area contributed by atoms with E-state index in [9.17, 15) is 9.59 Å². The van der Waals surface area contributed by atoms with Gasteiger partial charge in [0.05, 0.1) is 6.42 Å². The van der Waals surface area contributed by atoms with Crippen molar-refractivity contribution < 1.29 is 19.8 Å². The number of hydrogen-bond acceptors (Lipinski definition) is 4. The Hall–Kier alpha value is -1.53. The quantitative estimate of drug-likeness (QED) is 0.765. The molecule has 0 aromatic heterocycles. The first-order chi connectivity index (χ1) is 9.47. The van der Waals surface area contributed by atoms with Gasteiger partial charge in [0.25, 0.3) is 0 Å². The molecular formula is C14H17NO4S. The number of aliphatic carboxylic acids is 2. The summed E-state index contributed by atoms with van der Waals surface area (Å²) in [5.74, 6) is -2.35. The number of nitrogens with one attached hydrogen (secondary N) is 1. The largest absolute Gasteiger partial charge is 0.481 e. The van der Waals surface area contributed by atoms with E-state index in [1.54, 1.807) is 11.8 Å². The van der Waals surface area contributed by atoms with E-state index < -0.39 is 23.9 Å². The molecule has 0 saturated carbocycles. The minimum atomic E-state index is -0.983. The maximum Gasteiger partial charge on any atom is 0.321 e. The zero-order valence-electron chi connectivity index (χ0n) is 11.1. The van der Waals surface area contributed by atoms with E-state index in [-0.39, 0.29) is 11.7 Å². The minimum Gasteiger partial charge on any atom is -0.481 e. The van der Waals surface area contributed by atoms with E-state index in [0.29, 0.717) is 6.54 Å². The van der Waals surface area contributed by atoms with Crippen LogP contribution in [0.25, 0.3) is 0 Å². The lowest BCUT2D eigenvalue weighted by molar-refractivity contribution is -0.141. The molecule has 1 aromatic carbocycles. The highest BCUT2D eigenvalue weighted by atomic mass is 32.2. The Morgan fingerprint density at radius 1 is 1.30 bits per heavy atom. The predicted octanol–water partition coefficient (Wildman–Crippen LogP) is 1.60. The summed E-state index contributed by atoms with van der Waals surface area (Å²) in [4.78, 5) is 23.1. The first kappa shape index (κ1) is 14.9. The van der Waals surface area contributed by atoms with Gasteiger partial charge < -0.3 is 15.5 Å². The Balaban J connectivity index is 2.11. The molecule has 0 unspecified atom stereocenters. The van der Waals surface area contributed by atoms with E-state index in [2.05, 4.69) is 5.32 Å². The van der Waals surface area contributed by atoms with Crippen molar-refractivity contribution in [1.29, 1.82) is 0 Å². The van der Waals surface area contributed by atoms with Gasteiger partial charge in [-0.25, -0.2) is 0 Å². The molecule has 1 aromatic rings. The number of thioether (sulfide) groups is 1. The molecule has 1 saturated heterocycles. The van der Waals surface area contributed by atoms with Crippen LogP contribution in [0.2, 0.25) is 0 Å². The molecule has 5 nitrogen and oxygen atoms in total. The van der Waals surface area contributed by atoms with Crippen molar-refractivity contribution in [3.05, 3.63) is 29.8 Å². The van der Waals surface area contributed by atoms with Crippen LogP contribution in [0, 0.1) is 12.8 Å². The fraction of sp³-hybridized carbons (Fsp3) is 0.429. The number of rotatable bonds is 5. The van der Waals surface area contributed by atoms with Crippen LogP contribution in [0.15, 0.2) is 29.2 Å². The Morgan fingerprint density at radius 3 is 2.50 bits per heavy atom. The lowest BCUT2D eigenvalue weighted by Gasteiger charge is -2.19. The number of aryl methyl sites for hydroxylation is 1. The van der Waals surface area contributed by atoms with Crippen molar-refractivity contribution in [3.63, 3.8) is 0 Å². The second-order valence-electron chi connectivity index (χ2n) is 4.96. The van der Waals surface area contributed by atoms with E-state index in [4.69, 9.17) is 10.2 Å². The van der Waals surface area contributed by atoms with Crippen molar-refractivity contribution in [2.24, 2.45) is 5.92 Å². The molecule has 1 aliphatic heterocycles. The molecule has 3 atom stereocenters. The van der Waals surface area contributed by atoms with Crippen molar-refractivity contribution in [2.45, 2.75) is 29.5 Å². The molecule has 6 heteroatoms. The Kier molecular flexibility index (Phi) is 4.67. The van der Waals surface area contributed by atoms with E-state index in [0.717, 1.165) is 10.5 Å². The number of benzene rings is 1. The standard InChI is InChI=1S/C14H17NO4S/c1-8-2-4-9(5-3-8)20-11-7-15-13(14(18)19)10(11)6-12(16)17/h2-5,10-11,13,15H,6-7H2,1H3,(H,16,17)(H,18,19)/t10-,11-,13-/m0/s1. The first-order valence-electron chi connectivity index (χ1n) is 6.38. The van der Waals surface area contributed by atoms with Crippen LogP contribution in [0.1, 0.15) is 12.0 Å². The lowest BCUT2D eigenvalue weighted by atomic mass is 9.96. The van der Waals surface area contributed by atoms with Crippen molar-refractivity contribution in [3.8, 4) is 0 Å². The summed E-state index contributed by atoms with van der Waals surface area (Å²) in [5, 5.41) is 21.0. The topological polar surface area (TPSA) is 86.6 Å². The van der Waals surface area contributed by atoms with Crippen molar-refractivity contribution in [1.82, 2.24) is 5.32 Å². The molecule has 2 rings (SSSR count). The molecule has 0 bridgehead atoms. The van der Waals surface area contributed by atoms with Crippen LogP contribution in [0.4, 0.5) is 0 Å². The number of carboxylic acids is 2. The highest BCUT2D eigenvalue weighted by Crippen LogP contribution is 2.35. The SMILES string of the molecule is Cc1ccc(S[C@H]2CN[C@H](C(=O)O)[C@H]2CC(=O)O)cc1. The number of carbonyl (C=O) groups is 2. The van der Waals surface area contributed by atoms with Crippen LogP contribution in [0.3, 0.4) is 0 Å². The summed E-state index contributed by atoms with van der Waals surface area (Å²) in [7, 11) is 0. The fourth-order valence-electron chi connectivity index (χ4n) is 2.40. The van der Waals surface area contributed by atoms with Crippen LogP contribution in [-0.4, -0.2) is 40.0 Å². The smallest absolute Gasteiger partial charge is 0.321 e. The van der Waals surface area contributed by atoms with Crippen LogP contribution >= 0.6 is 11.8 Å². The highest BCUT2D eigenvalue weighted by molar-refractivity contribution is 8.00. The monoisotopic (exact) mass is 295 g/mol. The van der Waals surface area contributed by atoms with Crippen molar-refractivity contribution in [2.75, 3.05) is 6.54 Å². The molecule has 1 heterocycles. The number of hydrogen-bond donors (Lipinski definition) is 3. The summed E-state index contributed by atoms with van der Waals surface area (Å²) >= 11 is 1.54. The van der Waals surface area contributed by atoms with E-state index in [1.165, 1.54) is 0 Å². The van der Waals surface area contributed by atoms with Gasteiger partial charge in [0.15, 0.2) is 0 Å². The third kappa shape index (κ3) is 3.52. The van der Waals surface area contributed by atoms with Gasteiger partial charge in [-0.2, -0.15) is 0 Å². The maximum absolute atomic E-state index is 11.2. The third-order valence-corrected chi connectivity index (χ3v) is 4.79. The zero-order chi connectivity index (χ0) is 14.7. The Morgan fingerprint density at radius 2 is 1.95 bits per heavy atom. The normalized spacial score (nSPS) is 25.6. The Bertz CT molecular complexity index is 502. The lowest BCUT2D eigenvalue weighted by Crippen LogP contribution is -2.37. The van der Waals surface area contributed by atoms with Gasteiger partial charge in [-0.05, 0) is 19.1 Å². The van der Waals surface area contributed by atoms with Gasteiger partial charge >= 0.3 is 11.9 Å². The van der Waals surface area contributed by atoms with Gasteiger partial charge in [0.1, 0.15) is 6.04 Å². The van der Waals surface area contributed by atoms with Crippen molar-refractivity contribution >= 4 is 23.7 Å². The van der Waals surface area contributed by atoms with Gasteiger partial charge in [-0.3, -0.25) is 9.59 Å². The highest BCUT2D eigenvalue weighted by Gasteiger charge is 2.41. The van der Waals surface area contributed by atoms with Gasteiger partial charge in [-0.1, -0.05) is 17.7 Å². The summed E-state index contributed by atoms with van der Waals surface area (Å²) in [6.07, 6.45) is -0.131. The minimum absolute atomic E-state index is 0.0464. The second-order valence-corrected chi connectivity index (χ2v) is 6.27.